The fraction of sp³-hybridized carbons (Fsp3) is 0.333. The number of nitrogen functional groups attached to an aromatic ring is 2. The second kappa shape index (κ2) is 5.58. The number of hydrogen-bond acceptors (Lipinski definition) is 2. The molecule has 0 saturated heterocycles. The molecule has 0 spiro atoms. The molecular formula is C18H24N2. The molecule has 0 atom stereocenters. The standard InChI is InChI=1S/C18H24N2/c1-11(2)13-8-9-14(12(3)4)16(10-13)15-6-5-7-17(19)18(15)20/h5-12H,19-20H2,1-4H3. The van der Waals surface area contributed by atoms with Gasteiger partial charge in [0, 0.05) is 5.56 Å². The normalized spacial score (nSPS) is 11.3. The lowest BCUT2D eigenvalue weighted by Gasteiger charge is -2.18. The van der Waals surface area contributed by atoms with Crippen LogP contribution in [0.15, 0.2) is 36.4 Å². The Hall–Kier alpha value is -1.96. The maximum absolute atomic E-state index is 6.18. The van der Waals surface area contributed by atoms with Crippen molar-refractivity contribution >= 4 is 11.4 Å². The summed E-state index contributed by atoms with van der Waals surface area (Å²) in [6.07, 6.45) is 0. The van der Waals surface area contributed by atoms with Crippen LogP contribution < -0.4 is 11.5 Å². The first-order valence-corrected chi connectivity index (χ1v) is 7.20. The zero-order valence-corrected chi connectivity index (χ0v) is 12.8. The van der Waals surface area contributed by atoms with E-state index in [0.717, 1.165) is 5.56 Å². The molecule has 4 N–H and O–H groups in total. The van der Waals surface area contributed by atoms with Crippen molar-refractivity contribution in [3.63, 3.8) is 0 Å². The van der Waals surface area contributed by atoms with E-state index in [9.17, 15) is 0 Å². The van der Waals surface area contributed by atoms with Gasteiger partial charge in [0.05, 0.1) is 11.4 Å². The van der Waals surface area contributed by atoms with Crippen LogP contribution in [0.1, 0.15) is 50.7 Å². The molecule has 0 aliphatic carbocycles. The quantitative estimate of drug-likeness (QED) is 0.788. The van der Waals surface area contributed by atoms with Crippen LogP contribution in [0.25, 0.3) is 11.1 Å². The molecule has 0 radical (unpaired) electrons. The highest BCUT2D eigenvalue weighted by atomic mass is 14.7. The SMILES string of the molecule is CC(C)c1ccc(C(C)C)c(-c2cccc(N)c2N)c1. The Morgan fingerprint density at radius 2 is 1.50 bits per heavy atom. The van der Waals surface area contributed by atoms with Crippen molar-refractivity contribution in [2.24, 2.45) is 0 Å². The van der Waals surface area contributed by atoms with Gasteiger partial charge in [-0.2, -0.15) is 0 Å². The van der Waals surface area contributed by atoms with E-state index in [1.54, 1.807) is 0 Å². The largest absolute Gasteiger partial charge is 0.397 e. The Balaban J connectivity index is 2.69. The van der Waals surface area contributed by atoms with E-state index in [-0.39, 0.29) is 0 Å². The average Bonchev–Trinajstić information content (AvgIpc) is 2.41. The van der Waals surface area contributed by atoms with E-state index in [1.165, 1.54) is 16.7 Å². The van der Waals surface area contributed by atoms with Crippen LogP contribution in [0, 0.1) is 0 Å². The average molecular weight is 268 g/mol. The lowest BCUT2D eigenvalue weighted by atomic mass is 9.88. The van der Waals surface area contributed by atoms with Gasteiger partial charge in [-0.15, -0.1) is 0 Å². The minimum Gasteiger partial charge on any atom is -0.397 e. The zero-order chi connectivity index (χ0) is 14.9. The molecule has 0 aliphatic rings. The molecule has 0 bridgehead atoms. The molecule has 0 amide bonds. The van der Waals surface area contributed by atoms with Gasteiger partial charge in [-0.05, 0) is 34.6 Å². The molecule has 2 rings (SSSR count). The molecule has 2 aromatic rings. The van der Waals surface area contributed by atoms with Crippen LogP contribution in [-0.2, 0) is 0 Å². The number of hydrogen-bond donors (Lipinski definition) is 2. The summed E-state index contributed by atoms with van der Waals surface area (Å²) in [7, 11) is 0. The van der Waals surface area contributed by atoms with Crippen LogP contribution in [0.2, 0.25) is 0 Å². The topological polar surface area (TPSA) is 52.0 Å². The van der Waals surface area contributed by atoms with Crippen molar-refractivity contribution in [1.82, 2.24) is 0 Å². The molecule has 0 aromatic heterocycles. The molecule has 2 heteroatoms. The van der Waals surface area contributed by atoms with Gasteiger partial charge in [-0.1, -0.05) is 58.0 Å². The van der Waals surface area contributed by atoms with Crippen molar-refractivity contribution < 1.29 is 0 Å². The molecule has 0 saturated carbocycles. The fourth-order valence-electron chi connectivity index (χ4n) is 2.49. The number of benzene rings is 2. The second-order valence-corrected chi connectivity index (χ2v) is 5.96. The Labute approximate surface area is 121 Å². The fourth-order valence-corrected chi connectivity index (χ4v) is 2.49. The maximum atomic E-state index is 6.18. The van der Waals surface area contributed by atoms with E-state index in [0.29, 0.717) is 23.2 Å². The molecule has 106 valence electrons. The van der Waals surface area contributed by atoms with E-state index in [2.05, 4.69) is 52.0 Å². The summed E-state index contributed by atoms with van der Waals surface area (Å²) < 4.78 is 0. The molecule has 2 nitrogen and oxygen atoms in total. The predicted molar refractivity (Wildman–Crippen MR) is 88.9 cm³/mol. The maximum Gasteiger partial charge on any atom is 0.0627 e. The van der Waals surface area contributed by atoms with Crippen molar-refractivity contribution in [3.05, 3.63) is 47.5 Å². The van der Waals surface area contributed by atoms with E-state index in [4.69, 9.17) is 11.5 Å². The first-order chi connectivity index (χ1) is 9.41. The zero-order valence-electron chi connectivity index (χ0n) is 12.8. The molecular weight excluding hydrogens is 244 g/mol. The minimum absolute atomic E-state index is 0.451. The van der Waals surface area contributed by atoms with Crippen LogP contribution in [0.4, 0.5) is 11.4 Å². The Morgan fingerprint density at radius 1 is 0.800 bits per heavy atom. The van der Waals surface area contributed by atoms with Crippen LogP contribution in [0.3, 0.4) is 0 Å². The second-order valence-electron chi connectivity index (χ2n) is 5.96. The summed E-state index contributed by atoms with van der Waals surface area (Å²) in [4.78, 5) is 0. The van der Waals surface area contributed by atoms with Gasteiger partial charge in [-0.3, -0.25) is 0 Å². The third-order valence-electron chi connectivity index (χ3n) is 3.80. The highest BCUT2D eigenvalue weighted by molar-refractivity contribution is 5.86. The van der Waals surface area contributed by atoms with Gasteiger partial charge in [0.15, 0.2) is 0 Å². The lowest BCUT2D eigenvalue weighted by molar-refractivity contribution is 0.847. The van der Waals surface area contributed by atoms with Gasteiger partial charge in [0.25, 0.3) is 0 Å². The molecule has 0 aliphatic heterocycles. The molecule has 0 heterocycles. The van der Waals surface area contributed by atoms with Crippen LogP contribution >= 0.6 is 0 Å². The Morgan fingerprint density at radius 3 is 2.10 bits per heavy atom. The first-order valence-electron chi connectivity index (χ1n) is 7.20. The number of anilines is 2. The van der Waals surface area contributed by atoms with E-state index < -0.39 is 0 Å². The van der Waals surface area contributed by atoms with Gasteiger partial charge >= 0.3 is 0 Å². The Bertz CT molecular complexity index is 613. The summed E-state index contributed by atoms with van der Waals surface area (Å²) >= 11 is 0. The molecule has 0 unspecified atom stereocenters. The summed E-state index contributed by atoms with van der Waals surface area (Å²) in [5, 5.41) is 0. The van der Waals surface area contributed by atoms with Gasteiger partial charge in [0.2, 0.25) is 0 Å². The molecule has 2 aromatic carbocycles. The predicted octanol–water partition coefficient (Wildman–Crippen LogP) is 4.76. The monoisotopic (exact) mass is 268 g/mol. The summed E-state index contributed by atoms with van der Waals surface area (Å²) in [5.74, 6) is 0.948. The third-order valence-corrected chi connectivity index (χ3v) is 3.80. The first kappa shape index (κ1) is 14.4. The Kier molecular flexibility index (Phi) is 4.03. The summed E-state index contributed by atoms with van der Waals surface area (Å²) in [6.45, 7) is 8.82. The third kappa shape index (κ3) is 2.64. The van der Waals surface area contributed by atoms with Crippen molar-refractivity contribution in [2.45, 2.75) is 39.5 Å². The summed E-state index contributed by atoms with van der Waals surface area (Å²) in [6, 6.07) is 12.6. The summed E-state index contributed by atoms with van der Waals surface area (Å²) in [5.41, 5.74) is 18.3. The van der Waals surface area contributed by atoms with E-state index >= 15 is 0 Å². The van der Waals surface area contributed by atoms with Gasteiger partial charge in [0.1, 0.15) is 0 Å². The smallest absolute Gasteiger partial charge is 0.0627 e. The highest BCUT2D eigenvalue weighted by Gasteiger charge is 2.14. The molecule has 0 fully saturated rings. The van der Waals surface area contributed by atoms with Crippen molar-refractivity contribution in [2.75, 3.05) is 11.5 Å². The number of rotatable bonds is 3. The number of nitrogens with two attached hydrogens (primary N) is 2. The molecule has 20 heavy (non-hydrogen) atoms. The van der Waals surface area contributed by atoms with Crippen molar-refractivity contribution in [3.8, 4) is 11.1 Å². The van der Waals surface area contributed by atoms with Gasteiger partial charge in [-0.25, -0.2) is 0 Å². The van der Waals surface area contributed by atoms with E-state index in [1.807, 2.05) is 12.1 Å². The highest BCUT2D eigenvalue weighted by Crippen LogP contribution is 2.37. The van der Waals surface area contributed by atoms with Gasteiger partial charge < -0.3 is 11.5 Å². The number of para-hydroxylation sites is 1. The van der Waals surface area contributed by atoms with Crippen LogP contribution in [-0.4, -0.2) is 0 Å². The minimum atomic E-state index is 0.451. The van der Waals surface area contributed by atoms with Crippen molar-refractivity contribution in [1.29, 1.82) is 0 Å². The van der Waals surface area contributed by atoms with Crippen LogP contribution in [0.5, 0.6) is 0 Å². The lowest BCUT2D eigenvalue weighted by Crippen LogP contribution is -2.01.